The lowest BCUT2D eigenvalue weighted by Gasteiger charge is -2.23. The van der Waals surface area contributed by atoms with Gasteiger partial charge in [-0.3, -0.25) is 4.79 Å². The number of likely N-dealkylation sites (tertiary alicyclic amines) is 1. The Balaban J connectivity index is 0.00000162. The van der Waals surface area contributed by atoms with Gasteiger partial charge in [0, 0.05) is 13.1 Å². The maximum Gasteiger partial charge on any atom is 0.237 e. The first kappa shape index (κ1) is 19.0. The molecular weight excluding hydrogens is 285 g/mol. The van der Waals surface area contributed by atoms with E-state index in [4.69, 9.17) is 0 Å². The van der Waals surface area contributed by atoms with E-state index in [0.29, 0.717) is 5.92 Å². The van der Waals surface area contributed by atoms with Crippen LogP contribution in [0.4, 0.5) is 0 Å². The minimum atomic E-state index is 0. The fourth-order valence-corrected chi connectivity index (χ4v) is 2.81. The molecule has 2 aliphatic rings. The molecule has 2 aliphatic heterocycles. The Labute approximate surface area is 128 Å². The molecule has 2 N–H and O–H groups in total. The topological polar surface area (TPSA) is 44.4 Å². The zero-order chi connectivity index (χ0) is 12.1. The summed E-state index contributed by atoms with van der Waals surface area (Å²) in [5, 5.41) is 6.40. The molecule has 1 amide bonds. The Morgan fingerprint density at radius 3 is 2.68 bits per heavy atom. The Hall–Kier alpha value is -0.0300. The number of nitrogens with zero attached hydrogens (tertiary/aromatic N) is 1. The number of nitrogens with one attached hydrogen (secondary N) is 2. The third kappa shape index (κ3) is 5.86. The van der Waals surface area contributed by atoms with Gasteiger partial charge in [0.25, 0.3) is 0 Å². The van der Waals surface area contributed by atoms with Crippen LogP contribution in [0, 0.1) is 5.92 Å². The lowest BCUT2D eigenvalue weighted by molar-refractivity contribution is -0.123. The van der Waals surface area contributed by atoms with Crippen molar-refractivity contribution >= 4 is 30.7 Å². The zero-order valence-corrected chi connectivity index (χ0v) is 13.3. The maximum atomic E-state index is 11.9. The van der Waals surface area contributed by atoms with Crippen molar-refractivity contribution in [2.24, 2.45) is 5.92 Å². The van der Waals surface area contributed by atoms with Crippen molar-refractivity contribution in [3.63, 3.8) is 0 Å². The van der Waals surface area contributed by atoms with Gasteiger partial charge < -0.3 is 15.5 Å². The Morgan fingerprint density at radius 2 is 2.11 bits per heavy atom. The smallest absolute Gasteiger partial charge is 0.237 e. The van der Waals surface area contributed by atoms with Crippen LogP contribution in [0.3, 0.4) is 0 Å². The van der Waals surface area contributed by atoms with Crippen LogP contribution in [0.2, 0.25) is 0 Å². The molecule has 114 valence electrons. The van der Waals surface area contributed by atoms with Crippen LogP contribution >= 0.6 is 24.8 Å². The first-order valence-corrected chi connectivity index (χ1v) is 7.03. The monoisotopic (exact) mass is 311 g/mol. The van der Waals surface area contributed by atoms with E-state index in [-0.39, 0.29) is 36.8 Å². The normalized spacial score (nSPS) is 27.2. The van der Waals surface area contributed by atoms with Gasteiger partial charge in [-0.05, 0) is 44.8 Å². The van der Waals surface area contributed by atoms with Crippen molar-refractivity contribution in [1.29, 1.82) is 0 Å². The lowest BCUT2D eigenvalue weighted by atomic mass is 10.0. The van der Waals surface area contributed by atoms with Gasteiger partial charge in [0.15, 0.2) is 0 Å². The molecule has 6 heteroatoms. The van der Waals surface area contributed by atoms with Crippen molar-refractivity contribution in [3.8, 4) is 0 Å². The average Bonchev–Trinajstić information content (AvgIpc) is 2.85. The van der Waals surface area contributed by atoms with Crippen molar-refractivity contribution in [2.75, 3.05) is 32.7 Å². The third-order valence-electron chi connectivity index (χ3n) is 4.01. The van der Waals surface area contributed by atoms with E-state index >= 15 is 0 Å². The predicted molar refractivity (Wildman–Crippen MR) is 83.4 cm³/mol. The molecule has 2 heterocycles. The molecule has 0 radical (unpaired) electrons. The second-order valence-corrected chi connectivity index (χ2v) is 5.30. The van der Waals surface area contributed by atoms with E-state index in [1.54, 1.807) is 0 Å². The molecule has 1 unspecified atom stereocenters. The largest absolute Gasteiger partial charge is 0.354 e. The van der Waals surface area contributed by atoms with Gasteiger partial charge in [0.1, 0.15) is 0 Å². The van der Waals surface area contributed by atoms with Crippen molar-refractivity contribution in [2.45, 2.75) is 38.6 Å². The van der Waals surface area contributed by atoms with Crippen molar-refractivity contribution in [1.82, 2.24) is 15.5 Å². The van der Waals surface area contributed by atoms with Crippen LogP contribution in [0.5, 0.6) is 0 Å². The van der Waals surface area contributed by atoms with Crippen molar-refractivity contribution < 1.29 is 4.79 Å². The summed E-state index contributed by atoms with van der Waals surface area (Å²) in [6.45, 7) is 7.52. The molecule has 0 aromatic rings. The number of hydrogen-bond acceptors (Lipinski definition) is 3. The molecule has 0 aliphatic carbocycles. The highest BCUT2D eigenvalue weighted by Crippen LogP contribution is 2.14. The number of halogens is 2. The van der Waals surface area contributed by atoms with E-state index < -0.39 is 0 Å². The van der Waals surface area contributed by atoms with Crippen LogP contribution < -0.4 is 10.6 Å². The van der Waals surface area contributed by atoms with Gasteiger partial charge in [-0.15, -0.1) is 24.8 Å². The first-order valence-electron chi connectivity index (χ1n) is 7.03. The highest BCUT2D eigenvalue weighted by Gasteiger charge is 2.24. The summed E-state index contributed by atoms with van der Waals surface area (Å²) in [7, 11) is 0. The van der Waals surface area contributed by atoms with Gasteiger partial charge >= 0.3 is 0 Å². The highest BCUT2D eigenvalue weighted by atomic mass is 35.5. The number of carbonyl (C=O) groups excluding carboxylic acids is 1. The van der Waals surface area contributed by atoms with E-state index in [2.05, 4.69) is 22.5 Å². The summed E-state index contributed by atoms with van der Waals surface area (Å²) in [5.41, 5.74) is 0. The SMILES string of the molecule is CCN1CCC(CNC(=O)[C@@H]2CCCCN2)C1.Cl.Cl. The first-order chi connectivity index (χ1) is 8.29. The summed E-state index contributed by atoms with van der Waals surface area (Å²) < 4.78 is 0. The predicted octanol–water partition coefficient (Wildman–Crippen LogP) is 1.43. The van der Waals surface area contributed by atoms with E-state index in [1.807, 2.05) is 0 Å². The number of hydrogen-bond donors (Lipinski definition) is 2. The number of carbonyl (C=O) groups is 1. The van der Waals surface area contributed by atoms with Gasteiger partial charge in [-0.2, -0.15) is 0 Å². The average molecular weight is 312 g/mol. The summed E-state index contributed by atoms with van der Waals surface area (Å²) in [6, 6.07) is 0.0624. The molecule has 2 atom stereocenters. The quantitative estimate of drug-likeness (QED) is 0.825. The van der Waals surface area contributed by atoms with Crippen LogP contribution in [-0.4, -0.2) is 49.6 Å². The molecular formula is C13H27Cl2N3O. The Kier molecular flexibility index (Phi) is 9.79. The van der Waals surface area contributed by atoms with Crippen LogP contribution in [0.1, 0.15) is 32.6 Å². The highest BCUT2D eigenvalue weighted by molar-refractivity contribution is 5.85. The Bertz CT molecular complexity index is 260. The van der Waals surface area contributed by atoms with Gasteiger partial charge in [-0.1, -0.05) is 13.3 Å². The third-order valence-corrected chi connectivity index (χ3v) is 4.01. The molecule has 19 heavy (non-hydrogen) atoms. The molecule has 0 saturated carbocycles. The van der Waals surface area contributed by atoms with Crippen LogP contribution in [-0.2, 0) is 4.79 Å². The molecule has 4 nitrogen and oxygen atoms in total. The van der Waals surface area contributed by atoms with Gasteiger partial charge in [0.05, 0.1) is 6.04 Å². The van der Waals surface area contributed by atoms with Crippen LogP contribution in [0.15, 0.2) is 0 Å². The molecule has 2 saturated heterocycles. The lowest BCUT2D eigenvalue weighted by Crippen LogP contribution is -2.47. The molecule has 0 aromatic carbocycles. The second-order valence-electron chi connectivity index (χ2n) is 5.30. The number of piperidine rings is 1. The molecule has 2 rings (SSSR count). The molecule has 0 bridgehead atoms. The van der Waals surface area contributed by atoms with Crippen LogP contribution in [0.25, 0.3) is 0 Å². The summed E-state index contributed by atoms with van der Waals surface area (Å²) in [6.07, 6.45) is 4.61. The van der Waals surface area contributed by atoms with Gasteiger partial charge in [0.2, 0.25) is 5.91 Å². The molecule has 2 fully saturated rings. The molecule has 0 spiro atoms. The minimum Gasteiger partial charge on any atom is -0.354 e. The summed E-state index contributed by atoms with van der Waals surface area (Å²) in [5.74, 6) is 0.863. The zero-order valence-electron chi connectivity index (χ0n) is 11.7. The Morgan fingerprint density at radius 1 is 1.32 bits per heavy atom. The summed E-state index contributed by atoms with van der Waals surface area (Å²) >= 11 is 0. The van der Waals surface area contributed by atoms with E-state index in [9.17, 15) is 4.79 Å². The maximum absolute atomic E-state index is 11.9. The van der Waals surface area contributed by atoms with Gasteiger partial charge in [-0.25, -0.2) is 0 Å². The van der Waals surface area contributed by atoms with E-state index in [1.165, 1.54) is 25.8 Å². The summed E-state index contributed by atoms with van der Waals surface area (Å²) in [4.78, 5) is 14.4. The van der Waals surface area contributed by atoms with E-state index in [0.717, 1.165) is 32.6 Å². The fraction of sp³-hybridized carbons (Fsp3) is 0.923. The standard InChI is InChI=1S/C13H25N3O.2ClH/c1-2-16-8-6-11(10-16)9-15-13(17)12-5-3-4-7-14-12;;/h11-12,14H,2-10H2,1H3,(H,15,17);2*1H/t11?,12-;;/m0../s1. The molecule has 0 aromatic heterocycles. The fourth-order valence-electron chi connectivity index (χ4n) is 2.81. The number of rotatable bonds is 4. The second kappa shape index (κ2) is 9.81. The number of amides is 1. The van der Waals surface area contributed by atoms with Crippen molar-refractivity contribution in [3.05, 3.63) is 0 Å². The minimum absolute atomic E-state index is 0.